The van der Waals surface area contributed by atoms with Gasteiger partial charge < -0.3 is 14.5 Å². The van der Waals surface area contributed by atoms with Crippen LogP contribution in [0.25, 0.3) is 22.4 Å². The van der Waals surface area contributed by atoms with E-state index in [1.54, 1.807) is 66.7 Å². The Balaban J connectivity index is 1.59. The number of benzene rings is 3. The lowest BCUT2D eigenvalue weighted by Gasteiger charge is -2.09. The first-order valence-corrected chi connectivity index (χ1v) is 8.60. The summed E-state index contributed by atoms with van der Waals surface area (Å²) in [6.45, 7) is 0. The third-order valence-electron chi connectivity index (χ3n) is 4.28. The third kappa shape index (κ3) is 3.35. The number of methoxy groups -OCH3 is 1. The highest BCUT2D eigenvalue weighted by Crippen LogP contribution is 2.22. The van der Waals surface area contributed by atoms with Gasteiger partial charge in [0, 0.05) is 11.3 Å². The van der Waals surface area contributed by atoms with Crippen LogP contribution in [0.4, 0.5) is 5.69 Å². The lowest BCUT2D eigenvalue weighted by atomic mass is 10.1. The SMILES string of the molecule is COc1ccccc1C(=O)Nc1ccc(-c2nc3ccccc3c(=O)o2)cc1. The van der Waals surface area contributed by atoms with Crippen LogP contribution >= 0.6 is 0 Å². The fourth-order valence-corrected chi connectivity index (χ4v) is 2.87. The van der Waals surface area contributed by atoms with E-state index in [2.05, 4.69) is 10.3 Å². The van der Waals surface area contributed by atoms with Crippen LogP contribution in [-0.4, -0.2) is 18.0 Å². The minimum Gasteiger partial charge on any atom is -0.496 e. The predicted molar refractivity (Wildman–Crippen MR) is 107 cm³/mol. The molecule has 28 heavy (non-hydrogen) atoms. The van der Waals surface area contributed by atoms with E-state index >= 15 is 0 Å². The monoisotopic (exact) mass is 372 g/mol. The van der Waals surface area contributed by atoms with Crippen molar-refractivity contribution in [3.63, 3.8) is 0 Å². The highest BCUT2D eigenvalue weighted by atomic mass is 16.5. The van der Waals surface area contributed by atoms with Crippen molar-refractivity contribution >= 4 is 22.5 Å². The van der Waals surface area contributed by atoms with Gasteiger partial charge in [0.05, 0.1) is 23.6 Å². The highest BCUT2D eigenvalue weighted by molar-refractivity contribution is 6.06. The first-order chi connectivity index (χ1) is 13.7. The second-order valence-electron chi connectivity index (χ2n) is 6.06. The minimum atomic E-state index is -0.436. The van der Waals surface area contributed by atoms with Crippen LogP contribution in [0, 0.1) is 0 Å². The summed E-state index contributed by atoms with van der Waals surface area (Å²) in [5.41, 5.74) is 1.81. The molecule has 3 aromatic carbocycles. The molecule has 0 radical (unpaired) electrons. The van der Waals surface area contributed by atoms with Crippen LogP contribution in [0.5, 0.6) is 5.75 Å². The summed E-state index contributed by atoms with van der Waals surface area (Å²) in [7, 11) is 1.52. The number of hydrogen-bond donors (Lipinski definition) is 1. The zero-order chi connectivity index (χ0) is 19.5. The van der Waals surface area contributed by atoms with Crippen LogP contribution in [0.2, 0.25) is 0 Å². The van der Waals surface area contributed by atoms with Gasteiger partial charge in [-0.2, -0.15) is 0 Å². The summed E-state index contributed by atoms with van der Waals surface area (Å²) in [6, 6.07) is 20.9. The van der Waals surface area contributed by atoms with E-state index in [0.29, 0.717) is 33.5 Å². The Morgan fingerprint density at radius 3 is 2.46 bits per heavy atom. The van der Waals surface area contributed by atoms with Crippen molar-refractivity contribution < 1.29 is 13.9 Å². The molecule has 4 rings (SSSR count). The number of carbonyl (C=O) groups excluding carboxylic acids is 1. The summed E-state index contributed by atoms with van der Waals surface area (Å²) in [4.78, 5) is 29.0. The third-order valence-corrected chi connectivity index (χ3v) is 4.28. The molecular formula is C22H16N2O4. The second-order valence-corrected chi connectivity index (χ2v) is 6.06. The Hall–Kier alpha value is -3.93. The molecule has 0 aliphatic heterocycles. The summed E-state index contributed by atoms with van der Waals surface area (Å²) in [6.07, 6.45) is 0. The van der Waals surface area contributed by atoms with Gasteiger partial charge in [0.15, 0.2) is 0 Å². The number of nitrogens with zero attached hydrogens (tertiary/aromatic N) is 1. The fourth-order valence-electron chi connectivity index (χ4n) is 2.87. The van der Waals surface area contributed by atoms with E-state index in [4.69, 9.17) is 9.15 Å². The van der Waals surface area contributed by atoms with Gasteiger partial charge in [0.1, 0.15) is 5.75 Å². The molecule has 138 valence electrons. The Morgan fingerprint density at radius 2 is 1.68 bits per heavy atom. The second kappa shape index (κ2) is 7.36. The molecule has 0 unspecified atom stereocenters. The lowest BCUT2D eigenvalue weighted by Crippen LogP contribution is -2.13. The normalized spacial score (nSPS) is 10.6. The molecule has 0 saturated heterocycles. The van der Waals surface area contributed by atoms with Gasteiger partial charge >= 0.3 is 5.63 Å². The van der Waals surface area contributed by atoms with E-state index in [1.807, 2.05) is 6.07 Å². The van der Waals surface area contributed by atoms with Crippen molar-refractivity contribution in [1.82, 2.24) is 4.98 Å². The van der Waals surface area contributed by atoms with Gasteiger partial charge in [-0.05, 0) is 48.5 Å². The number of anilines is 1. The topological polar surface area (TPSA) is 81.4 Å². The Labute approximate surface area is 160 Å². The quantitative estimate of drug-likeness (QED) is 0.583. The first-order valence-electron chi connectivity index (χ1n) is 8.60. The number of nitrogens with one attached hydrogen (secondary N) is 1. The van der Waals surface area contributed by atoms with Crippen LogP contribution < -0.4 is 15.7 Å². The van der Waals surface area contributed by atoms with Gasteiger partial charge in [0.2, 0.25) is 5.89 Å². The predicted octanol–water partition coefficient (Wildman–Crippen LogP) is 4.12. The number of rotatable bonds is 4. The van der Waals surface area contributed by atoms with Gasteiger partial charge in [-0.3, -0.25) is 4.79 Å². The molecule has 0 saturated carbocycles. The molecule has 0 aliphatic carbocycles. The average Bonchev–Trinajstić information content (AvgIpc) is 2.74. The van der Waals surface area contributed by atoms with Crippen LogP contribution in [0.15, 0.2) is 82.0 Å². The number of hydrogen-bond acceptors (Lipinski definition) is 5. The molecular weight excluding hydrogens is 356 g/mol. The summed E-state index contributed by atoms with van der Waals surface area (Å²) in [5, 5.41) is 3.26. The molecule has 1 heterocycles. The number of fused-ring (bicyclic) bond motifs is 1. The van der Waals surface area contributed by atoms with Crippen molar-refractivity contribution in [1.29, 1.82) is 0 Å². The van der Waals surface area contributed by atoms with E-state index < -0.39 is 5.63 Å². The largest absolute Gasteiger partial charge is 0.496 e. The summed E-state index contributed by atoms with van der Waals surface area (Å²) >= 11 is 0. The Morgan fingerprint density at radius 1 is 0.964 bits per heavy atom. The molecule has 1 amide bonds. The van der Waals surface area contributed by atoms with Gasteiger partial charge in [-0.1, -0.05) is 24.3 Å². The molecule has 6 heteroatoms. The fraction of sp³-hybridized carbons (Fsp3) is 0.0455. The first kappa shape index (κ1) is 17.5. The standard InChI is InChI=1S/C22H16N2O4/c1-27-19-9-5-3-7-17(19)20(25)23-15-12-10-14(11-13-15)21-24-18-8-4-2-6-16(18)22(26)28-21/h2-13H,1H3,(H,23,25). The van der Waals surface area contributed by atoms with Crippen molar-refractivity contribution in [3.8, 4) is 17.2 Å². The molecule has 1 N–H and O–H groups in total. The number of para-hydroxylation sites is 2. The summed E-state index contributed by atoms with van der Waals surface area (Å²) in [5.74, 6) is 0.450. The number of amides is 1. The van der Waals surface area contributed by atoms with Crippen molar-refractivity contribution in [2.75, 3.05) is 12.4 Å². The summed E-state index contributed by atoms with van der Waals surface area (Å²) < 4.78 is 10.5. The van der Waals surface area contributed by atoms with E-state index in [-0.39, 0.29) is 11.8 Å². The zero-order valence-electron chi connectivity index (χ0n) is 15.0. The maximum Gasteiger partial charge on any atom is 0.347 e. The van der Waals surface area contributed by atoms with E-state index in [0.717, 1.165) is 0 Å². The Bertz CT molecular complexity index is 1210. The maximum atomic E-state index is 12.5. The zero-order valence-corrected chi connectivity index (χ0v) is 15.0. The molecule has 0 fully saturated rings. The molecule has 6 nitrogen and oxygen atoms in total. The number of carbonyl (C=O) groups is 1. The van der Waals surface area contributed by atoms with Crippen LogP contribution in [0.3, 0.4) is 0 Å². The molecule has 0 aliphatic rings. The number of ether oxygens (including phenoxy) is 1. The molecule has 0 spiro atoms. The number of aromatic nitrogens is 1. The molecule has 4 aromatic rings. The maximum absolute atomic E-state index is 12.5. The van der Waals surface area contributed by atoms with Crippen LogP contribution in [0.1, 0.15) is 10.4 Å². The minimum absolute atomic E-state index is 0.228. The molecule has 0 bridgehead atoms. The van der Waals surface area contributed by atoms with Gasteiger partial charge in [-0.25, -0.2) is 9.78 Å². The molecule has 0 atom stereocenters. The van der Waals surface area contributed by atoms with Crippen molar-refractivity contribution in [2.45, 2.75) is 0 Å². The smallest absolute Gasteiger partial charge is 0.347 e. The highest BCUT2D eigenvalue weighted by Gasteiger charge is 2.12. The van der Waals surface area contributed by atoms with Crippen molar-refractivity contribution in [3.05, 3.63) is 88.8 Å². The van der Waals surface area contributed by atoms with E-state index in [9.17, 15) is 9.59 Å². The van der Waals surface area contributed by atoms with Gasteiger partial charge in [-0.15, -0.1) is 0 Å². The van der Waals surface area contributed by atoms with E-state index in [1.165, 1.54) is 7.11 Å². The van der Waals surface area contributed by atoms with Crippen LogP contribution in [-0.2, 0) is 0 Å². The molecule has 1 aromatic heterocycles. The van der Waals surface area contributed by atoms with Gasteiger partial charge in [0.25, 0.3) is 5.91 Å². The Kier molecular flexibility index (Phi) is 4.60. The average molecular weight is 372 g/mol. The van der Waals surface area contributed by atoms with Crippen molar-refractivity contribution in [2.24, 2.45) is 0 Å². The lowest BCUT2D eigenvalue weighted by molar-refractivity contribution is 0.102.